The molecule has 1 aliphatic heterocycles. The van der Waals surface area contributed by atoms with Gasteiger partial charge in [-0.1, -0.05) is 36.4 Å². The topological polar surface area (TPSA) is 53.1 Å². The second-order valence-electron chi connectivity index (χ2n) is 11.2. The summed E-state index contributed by atoms with van der Waals surface area (Å²) in [7, 11) is 2.91. The molecular weight excluding hydrogens is 487 g/mol. The molecule has 0 atom stereocenters. The first-order valence-electron chi connectivity index (χ1n) is 13.4. The summed E-state index contributed by atoms with van der Waals surface area (Å²) in [4.78, 5) is 7.30. The van der Waals surface area contributed by atoms with Gasteiger partial charge in [0.05, 0.1) is 36.6 Å². The van der Waals surface area contributed by atoms with Crippen molar-refractivity contribution in [2.75, 3.05) is 19.1 Å². The number of aryl methyl sites for hydroxylation is 1. The molecule has 2 heterocycles. The molecule has 202 valence electrons. The Morgan fingerprint density at radius 1 is 0.795 bits per heavy atom. The van der Waals surface area contributed by atoms with Gasteiger partial charge in [0.1, 0.15) is 11.5 Å². The fourth-order valence-electron chi connectivity index (χ4n) is 5.07. The van der Waals surface area contributed by atoms with Crippen LogP contribution in [0.5, 0.6) is 11.5 Å². The molecule has 0 unspecified atom stereocenters. The van der Waals surface area contributed by atoms with E-state index in [1.807, 2.05) is 36.5 Å². The van der Waals surface area contributed by atoms with Gasteiger partial charge in [0, 0.05) is 24.7 Å². The molecule has 0 bridgehead atoms. The van der Waals surface area contributed by atoms with Gasteiger partial charge < -0.3 is 23.7 Å². The van der Waals surface area contributed by atoms with Crippen molar-refractivity contribution in [3.8, 4) is 11.5 Å². The van der Waals surface area contributed by atoms with E-state index in [4.69, 9.17) is 23.8 Å². The first-order valence-corrected chi connectivity index (χ1v) is 13.4. The van der Waals surface area contributed by atoms with E-state index in [-0.39, 0.29) is 0 Å². The number of nitrogens with zero attached hydrogens (tertiary/aromatic N) is 2. The van der Waals surface area contributed by atoms with Crippen molar-refractivity contribution < 1.29 is 18.8 Å². The number of hydrogen-bond acceptors (Lipinski definition) is 6. The van der Waals surface area contributed by atoms with Crippen LogP contribution in [0, 0.1) is 6.92 Å². The van der Waals surface area contributed by atoms with Crippen LogP contribution < -0.4 is 19.8 Å². The minimum atomic E-state index is -0.467. The van der Waals surface area contributed by atoms with Crippen LogP contribution in [0.25, 0.3) is 10.9 Å². The molecule has 1 aromatic heterocycles. The molecule has 0 N–H and O–H groups in total. The number of anilines is 1. The largest absolute Gasteiger partial charge is 0.497 e. The zero-order valence-corrected chi connectivity index (χ0v) is 23.9. The molecule has 1 fully saturated rings. The van der Waals surface area contributed by atoms with Gasteiger partial charge in [-0.15, -0.1) is 0 Å². The van der Waals surface area contributed by atoms with Crippen LogP contribution in [0.3, 0.4) is 0 Å². The number of aromatic nitrogens is 1. The van der Waals surface area contributed by atoms with Crippen LogP contribution in [0.2, 0.25) is 0 Å². The van der Waals surface area contributed by atoms with E-state index >= 15 is 0 Å². The third-order valence-corrected chi connectivity index (χ3v) is 7.98. The molecule has 5 rings (SSSR count). The molecule has 0 spiro atoms. The van der Waals surface area contributed by atoms with Gasteiger partial charge in [0.2, 0.25) is 0 Å². The smallest absolute Gasteiger partial charge is 0.495 e. The van der Waals surface area contributed by atoms with Crippen molar-refractivity contribution in [1.82, 2.24) is 4.98 Å². The number of rotatable bonds is 8. The quantitative estimate of drug-likeness (QED) is 0.261. The lowest BCUT2D eigenvalue weighted by Gasteiger charge is -2.32. The van der Waals surface area contributed by atoms with E-state index in [9.17, 15) is 0 Å². The molecule has 0 aliphatic carbocycles. The Balaban J connectivity index is 1.60. The fourth-order valence-corrected chi connectivity index (χ4v) is 5.07. The van der Waals surface area contributed by atoms with Crippen LogP contribution in [0.1, 0.15) is 44.4 Å². The van der Waals surface area contributed by atoms with Crippen molar-refractivity contribution in [2.24, 2.45) is 0 Å². The third-order valence-electron chi connectivity index (χ3n) is 7.98. The van der Waals surface area contributed by atoms with E-state index in [1.54, 1.807) is 14.2 Å². The second-order valence-corrected chi connectivity index (χ2v) is 11.2. The highest BCUT2D eigenvalue weighted by Gasteiger charge is 2.52. The van der Waals surface area contributed by atoms with Crippen molar-refractivity contribution in [1.29, 1.82) is 0 Å². The Kier molecular flexibility index (Phi) is 7.32. The number of methoxy groups -OCH3 is 2. The summed E-state index contributed by atoms with van der Waals surface area (Å²) in [5, 5.41) is 1.03. The van der Waals surface area contributed by atoms with E-state index in [2.05, 4.69) is 75.9 Å². The Bertz CT molecular complexity index is 1390. The average molecular weight is 524 g/mol. The Morgan fingerprint density at radius 2 is 1.31 bits per heavy atom. The number of fused-ring (bicyclic) bond motifs is 1. The van der Waals surface area contributed by atoms with Gasteiger partial charge in [0.25, 0.3) is 0 Å². The predicted molar refractivity (Wildman–Crippen MR) is 158 cm³/mol. The monoisotopic (exact) mass is 524 g/mol. The van der Waals surface area contributed by atoms with E-state index in [1.165, 1.54) is 11.1 Å². The maximum atomic E-state index is 6.46. The van der Waals surface area contributed by atoms with E-state index in [0.717, 1.165) is 39.1 Å². The molecule has 1 aliphatic rings. The van der Waals surface area contributed by atoms with Crippen LogP contribution in [0.15, 0.2) is 72.9 Å². The summed E-state index contributed by atoms with van der Waals surface area (Å²) in [6.07, 6.45) is 1.86. The summed E-state index contributed by atoms with van der Waals surface area (Å²) in [5.41, 5.74) is 5.67. The second kappa shape index (κ2) is 10.6. The first-order chi connectivity index (χ1) is 18.6. The van der Waals surface area contributed by atoms with Gasteiger partial charge in [-0.3, -0.25) is 4.98 Å². The normalized spacial score (nSPS) is 15.9. The van der Waals surface area contributed by atoms with Crippen LogP contribution in [-0.2, 0) is 22.4 Å². The molecule has 39 heavy (non-hydrogen) atoms. The third kappa shape index (κ3) is 5.34. The summed E-state index contributed by atoms with van der Waals surface area (Å²) in [5.74, 6) is 1.69. The summed E-state index contributed by atoms with van der Waals surface area (Å²) in [6, 6.07) is 22.8. The minimum absolute atomic E-state index is 0.423. The van der Waals surface area contributed by atoms with E-state index in [0.29, 0.717) is 13.1 Å². The maximum absolute atomic E-state index is 6.46. The van der Waals surface area contributed by atoms with E-state index < -0.39 is 18.3 Å². The average Bonchev–Trinajstić information content (AvgIpc) is 3.15. The number of hydrogen-bond donors (Lipinski definition) is 0. The minimum Gasteiger partial charge on any atom is -0.497 e. The van der Waals surface area contributed by atoms with Crippen LogP contribution >= 0.6 is 0 Å². The zero-order chi connectivity index (χ0) is 27.8. The Labute approximate surface area is 232 Å². The Morgan fingerprint density at radius 3 is 1.79 bits per heavy atom. The van der Waals surface area contributed by atoms with Crippen molar-refractivity contribution in [3.05, 3.63) is 89.6 Å². The van der Waals surface area contributed by atoms with Crippen LogP contribution in [-0.4, -0.2) is 37.5 Å². The number of ether oxygens (including phenoxy) is 2. The molecule has 4 aromatic rings. The number of pyridine rings is 1. The van der Waals surface area contributed by atoms with Crippen molar-refractivity contribution in [3.63, 3.8) is 0 Å². The number of benzene rings is 3. The summed E-state index contributed by atoms with van der Waals surface area (Å²) in [6.45, 7) is 11.9. The van der Waals surface area contributed by atoms with Gasteiger partial charge >= 0.3 is 7.12 Å². The standard InChI is InChI=1S/C32H37BN2O4/c1-22-19-28(33-38-31(2,3)32(4,5)39-33)27-9-8-18-34-29(27)30(22)35(20-23-10-14-25(36-6)15-11-23)21-24-12-16-26(37-7)17-13-24/h8-19H,20-21H2,1-7H3. The molecule has 6 nitrogen and oxygen atoms in total. The van der Waals surface area contributed by atoms with Gasteiger partial charge in [-0.05, 0) is 87.1 Å². The lowest BCUT2D eigenvalue weighted by Crippen LogP contribution is -2.41. The lowest BCUT2D eigenvalue weighted by molar-refractivity contribution is 0.00578. The maximum Gasteiger partial charge on any atom is 0.495 e. The van der Waals surface area contributed by atoms with Gasteiger partial charge in [-0.2, -0.15) is 0 Å². The van der Waals surface area contributed by atoms with Gasteiger partial charge in [-0.25, -0.2) is 0 Å². The zero-order valence-electron chi connectivity index (χ0n) is 23.9. The molecule has 7 heteroatoms. The molecule has 1 saturated heterocycles. The highest BCUT2D eigenvalue weighted by molar-refractivity contribution is 6.65. The molecule has 0 amide bonds. The highest BCUT2D eigenvalue weighted by atomic mass is 16.7. The molecule has 0 saturated carbocycles. The highest BCUT2D eigenvalue weighted by Crippen LogP contribution is 2.38. The van der Waals surface area contributed by atoms with Crippen molar-refractivity contribution in [2.45, 2.75) is 58.9 Å². The van der Waals surface area contributed by atoms with Crippen molar-refractivity contribution >= 4 is 29.2 Å². The predicted octanol–water partition coefficient (Wildman–Crippen LogP) is 6.07. The van der Waals surface area contributed by atoms with Crippen LogP contribution in [0.4, 0.5) is 5.69 Å². The lowest BCUT2D eigenvalue weighted by atomic mass is 9.75. The SMILES string of the molecule is COc1ccc(CN(Cc2ccc(OC)cc2)c2c(C)cc(B3OC(C)(C)C(C)(C)O3)c3cccnc23)cc1. The molecular formula is C32H37BN2O4. The first kappa shape index (κ1) is 27.0. The molecule has 0 radical (unpaired) electrons. The molecule has 3 aromatic carbocycles. The Hall–Kier alpha value is -3.55. The fraction of sp³-hybridized carbons (Fsp3) is 0.344. The van der Waals surface area contributed by atoms with Gasteiger partial charge in [0.15, 0.2) is 0 Å². The summed E-state index contributed by atoms with van der Waals surface area (Å²) < 4.78 is 23.7. The summed E-state index contributed by atoms with van der Waals surface area (Å²) >= 11 is 0.